The number of aliphatic hydroxyl groups excluding tert-OH is 1. The van der Waals surface area contributed by atoms with Crippen LogP contribution >= 0.6 is 0 Å². The molecule has 0 saturated heterocycles. The molecule has 1 aromatic heterocycles. The van der Waals surface area contributed by atoms with Gasteiger partial charge in [0.1, 0.15) is 12.4 Å². The van der Waals surface area contributed by atoms with Crippen LogP contribution in [-0.2, 0) is 12.7 Å². The molecule has 0 aliphatic heterocycles. The number of aliphatic hydroxyl groups is 1. The average Bonchev–Trinajstić information content (AvgIpc) is 3.17. The number of aromatic nitrogens is 2. The van der Waals surface area contributed by atoms with E-state index in [0.717, 1.165) is 28.9 Å². The maximum absolute atomic E-state index is 13.9. The van der Waals surface area contributed by atoms with Gasteiger partial charge in [-0.1, -0.05) is 6.07 Å². The van der Waals surface area contributed by atoms with Gasteiger partial charge in [0.2, 0.25) is 0 Å². The van der Waals surface area contributed by atoms with E-state index in [2.05, 4.69) is 15.7 Å². The van der Waals surface area contributed by atoms with Gasteiger partial charge in [-0.25, -0.2) is 18.3 Å². The van der Waals surface area contributed by atoms with E-state index in [1.54, 1.807) is 0 Å². The highest BCUT2D eigenvalue weighted by Crippen LogP contribution is 2.29. The van der Waals surface area contributed by atoms with E-state index < -0.39 is 29.5 Å². The Kier molecular flexibility index (Phi) is 6.93. The molecule has 3 aromatic rings. The van der Waals surface area contributed by atoms with Crippen LogP contribution in [0.5, 0.6) is 5.75 Å². The summed E-state index contributed by atoms with van der Waals surface area (Å²) in [7, 11) is 0. The number of halogens is 5. The van der Waals surface area contributed by atoms with Gasteiger partial charge in [-0.05, 0) is 36.4 Å². The van der Waals surface area contributed by atoms with E-state index in [0.29, 0.717) is 0 Å². The number of rotatable bonds is 7. The van der Waals surface area contributed by atoms with Gasteiger partial charge in [-0.2, -0.15) is 18.3 Å². The number of anilines is 1. The number of hydrogen-bond acceptors (Lipinski definition) is 4. The third-order valence-electron chi connectivity index (χ3n) is 4.09. The number of ether oxygens (including phenoxy) is 1. The summed E-state index contributed by atoms with van der Waals surface area (Å²) in [5, 5.41) is 16.9. The Morgan fingerprint density at radius 3 is 2.56 bits per heavy atom. The number of alkyl halides is 3. The van der Waals surface area contributed by atoms with Crippen LogP contribution in [-0.4, -0.2) is 34.1 Å². The fourth-order valence-electron chi connectivity index (χ4n) is 2.71. The van der Waals surface area contributed by atoms with E-state index in [1.165, 1.54) is 24.3 Å². The maximum Gasteiger partial charge on any atom is 0.435 e. The van der Waals surface area contributed by atoms with Crippen molar-refractivity contribution in [2.45, 2.75) is 12.7 Å². The number of nitrogens with zero attached hydrogens (tertiary/aromatic N) is 2. The molecule has 3 N–H and O–H groups in total. The van der Waals surface area contributed by atoms with Crippen molar-refractivity contribution in [3.05, 3.63) is 71.6 Å². The van der Waals surface area contributed by atoms with Crippen LogP contribution in [0.4, 0.5) is 32.4 Å². The molecule has 12 heteroatoms. The van der Waals surface area contributed by atoms with Crippen LogP contribution < -0.4 is 15.4 Å². The monoisotopic (exact) mass is 456 g/mol. The third kappa shape index (κ3) is 5.72. The molecular weight excluding hydrogens is 439 g/mol. The topological polar surface area (TPSA) is 88.4 Å². The summed E-state index contributed by atoms with van der Waals surface area (Å²) < 4.78 is 72.6. The van der Waals surface area contributed by atoms with Gasteiger partial charge in [0.25, 0.3) is 0 Å². The van der Waals surface area contributed by atoms with Gasteiger partial charge in [0, 0.05) is 11.8 Å². The Balaban J connectivity index is 1.72. The van der Waals surface area contributed by atoms with Gasteiger partial charge in [0.05, 0.1) is 24.5 Å². The molecule has 0 atom stereocenters. The molecule has 170 valence electrons. The summed E-state index contributed by atoms with van der Waals surface area (Å²) in [6.07, 6.45) is -4.74. The number of urea groups is 1. The second kappa shape index (κ2) is 9.64. The standard InChI is InChI=1S/C20H17F5N4O3/c21-12-2-1-3-14(8-12)29-15(10-18(28-29)20(23,24)25)11-26-19(31)27-13-4-5-17(16(22)9-13)32-7-6-30/h1-5,8-10,30H,6-7,11H2,(H2,26,27,31). The fourth-order valence-corrected chi connectivity index (χ4v) is 2.71. The number of carbonyl (C=O) groups is 1. The molecular formula is C20H17F5N4O3. The number of carbonyl (C=O) groups excluding carboxylic acids is 1. The normalized spacial score (nSPS) is 11.3. The summed E-state index contributed by atoms with van der Waals surface area (Å²) in [5.74, 6) is -1.57. The predicted molar refractivity (Wildman–Crippen MR) is 103 cm³/mol. The molecule has 32 heavy (non-hydrogen) atoms. The Morgan fingerprint density at radius 1 is 1.12 bits per heavy atom. The fraction of sp³-hybridized carbons (Fsp3) is 0.200. The van der Waals surface area contributed by atoms with Crippen molar-refractivity contribution in [1.82, 2.24) is 15.1 Å². The van der Waals surface area contributed by atoms with Gasteiger partial charge < -0.3 is 20.5 Å². The minimum absolute atomic E-state index is 0.0400. The third-order valence-corrected chi connectivity index (χ3v) is 4.09. The van der Waals surface area contributed by atoms with E-state index in [-0.39, 0.29) is 42.6 Å². The molecule has 0 unspecified atom stereocenters. The minimum atomic E-state index is -4.74. The lowest BCUT2D eigenvalue weighted by Crippen LogP contribution is -2.29. The summed E-state index contributed by atoms with van der Waals surface area (Å²) in [6.45, 7) is -0.793. The van der Waals surface area contributed by atoms with Gasteiger partial charge in [0.15, 0.2) is 17.3 Å². The summed E-state index contributed by atoms with van der Waals surface area (Å²) in [5.41, 5.74) is -1.17. The molecule has 0 aliphatic carbocycles. The Hall–Kier alpha value is -3.67. The Morgan fingerprint density at radius 2 is 1.91 bits per heavy atom. The summed E-state index contributed by atoms with van der Waals surface area (Å²) >= 11 is 0. The first kappa shape index (κ1) is 23.0. The minimum Gasteiger partial charge on any atom is -0.488 e. The van der Waals surface area contributed by atoms with E-state index in [9.17, 15) is 26.7 Å². The quantitative estimate of drug-likeness (QED) is 0.471. The van der Waals surface area contributed by atoms with Crippen LogP contribution in [0.3, 0.4) is 0 Å². The highest BCUT2D eigenvalue weighted by Gasteiger charge is 2.35. The first-order valence-corrected chi connectivity index (χ1v) is 9.17. The lowest BCUT2D eigenvalue weighted by atomic mass is 10.3. The predicted octanol–water partition coefficient (Wildman–Crippen LogP) is 3.86. The number of nitrogens with one attached hydrogen (secondary N) is 2. The van der Waals surface area contributed by atoms with Gasteiger partial charge >= 0.3 is 12.2 Å². The van der Waals surface area contributed by atoms with E-state index in [4.69, 9.17) is 9.84 Å². The average molecular weight is 456 g/mol. The van der Waals surface area contributed by atoms with Crippen molar-refractivity contribution in [3.8, 4) is 11.4 Å². The van der Waals surface area contributed by atoms with Crippen LogP contribution in [0.15, 0.2) is 48.5 Å². The molecule has 1 heterocycles. The van der Waals surface area contributed by atoms with Gasteiger partial charge in [-0.3, -0.25) is 0 Å². The smallest absolute Gasteiger partial charge is 0.435 e. The van der Waals surface area contributed by atoms with Crippen molar-refractivity contribution in [1.29, 1.82) is 0 Å². The lowest BCUT2D eigenvalue weighted by molar-refractivity contribution is -0.141. The zero-order valence-corrected chi connectivity index (χ0v) is 16.3. The maximum atomic E-state index is 13.9. The summed E-state index contributed by atoms with van der Waals surface area (Å²) in [4.78, 5) is 12.1. The zero-order chi connectivity index (χ0) is 23.3. The molecule has 0 fully saturated rings. The van der Waals surface area contributed by atoms with E-state index >= 15 is 0 Å². The lowest BCUT2D eigenvalue weighted by Gasteiger charge is -2.11. The van der Waals surface area contributed by atoms with Crippen LogP contribution in [0.25, 0.3) is 5.69 Å². The first-order chi connectivity index (χ1) is 15.2. The molecule has 0 bridgehead atoms. The van der Waals surface area contributed by atoms with E-state index in [1.807, 2.05) is 0 Å². The van der Waals surface area contributed by atoms with Crippen molar-refractivity contribution < 1.29 is 36.6 Å². The number of benzene rings is 2. The van der Waals surface area contributed by atoms with Crippen LogP contribution in [0, 0.1) is 11.6 Å². The first-order valence-electron chi connectivity index (χ1n) is 9.17. The van der Waals surface area contributed by atoms with Crippen molar-refractivity contribution >= 4 is 11.7 Å². The molecule has 0 spiro atoms. The largest absolute Gasteiger partial charge is 0.488 e. The Labute approximate surface area is 178 Å². The zero-order valence-electron chi connectivity index (χ0n) is 16.3. The van der Waals surface area contributed by atoms with Crippen molar-refractivity contribution in [2.75, 3.05) is 18.5 Å². The Bertz CT molecular complexity index is 1100. The highest BCUT2D eigenvalue weighted by molar-refractivity contribution is 5.89. The molecule has 7 nitrogen and oxygen atoms in total. The molecule has 2 aromatic carbocycles. The second-order valence-corrected chi connectivity index (χ2v) is 6.44. The van der Waals surface area contributed by atoms with Crippen molar-refractivity contribution in [2.24, 2.45) is 0 Å². The molecule has 0 aliphatic rings. The summed E-state index contributed by atoms with van der Waals surface area (Å²) in [6, 6.07) is 8.28. The SMILES string of the molecule is O=C(NCc1cc(C(F)(F)F)nn1-c1cccc(F)c1)Nc1ccc(OCCO)c(F)c1. The van der Waals surface area contributed by atoms with Crippen LogP contribution in [0.1, 0.15) is 11.4 Å². The second-order valence-electron chi connectivity index (χ2n) is 6.44. The highest BCUT2D eigenvalue weighted by atomic mass is 19.4. The van der Waals surface area contributed by atoms with Crippen molar-refractivity contribution in [3.63, 3.8) is 0 Å². The van der Waals surface area contributed by atoms with Crippen LogP contribution in [0.2, 0.25) is 0 Å². The molecule has 2 amide bonds. The molecule has 0 saturated carbocycles. The molecule has 0 radical (unpaired) electrons. The van der Waals surface area contributed by atoms with Gasteiger partial charge in [-0.15, -0.1) is 0 Å². The number of amides is 2. The number of hydrogen-bond donors (Lipinski definition) is 3. The molecule has 3 rings (SSSR count).